The number of sulfone groups is 1. The summed E-state index contributed by atoms with van der Waals surface area (Å²) in [5.41, 5.74) is 4.85. The van der Waals surface area contributed by atoms with Gasteiger partial charge in [-0.3, -0.25) is 0 Å². The molecule has 4 rings (SSSR count). The van der Waals surface area contributed by atoms with Gasteiger partial charge in [0.25, 0.3) is 0 Å². The van der Waals surface area contributed by atoms with Crippen LogP contribution in [0.15, 0.2) is 72.9 Å². The summed E-state index contributed by atoms with van der Waals surface area (Å²) in [6, 6.07) is 21.8. The van der Waals surface area contributed by atoms with Gasteiger partial charge in [0.15, 0.2) is 9.84 Å². The predicted molar refractivity (Wildman–Crippen MR) is 119 cm³/mol. The van der Waals surface area contributed by atoms with Crippen LogP contribution in [0.4, 0.5) is 0 Å². The Balaban J connectivity index is 1.75. The fourth-order valence-corrected chi connectivity index (χ4v) is 4.37. The molecule has 4 aromatic rings. The van der Waals surface area contributed by atoms with E-state index in [1.165, 1.54) is 18.4 Å². The Morgan fingerprint density at radius 3 is 2.23 bits per heavy atom. The second kappa shape index (κ2) is 7.74. The van der Waals surface area contributed by atoms with Crippen LogP contribution in [0.25, 0.3) is 27.7 Å². The third-order valence-electron chi connectivity index (χ3n) is 5.03. The minimum Gasteiger partial charge on any atom is -0.478 e. The lowest BCUT2D eigenvalue weighted by Crippen LogP contribution is -2.00. The zero-order valence-electron chi connectivity index (χ0n) is 16.6. The maximum atomic E-state index is 11.5. The van der Waals surface area contributed by atoms with Gasteiger partial charge in [-0.25, -0.2) is 13.2 Å². The Morgan fingerprint density at radius 1 is 1.00 bits per heavy atom. The van der Waals surface area contributed by atoms with E-state index in [2.05, 4.69) is 6.07 Å². The highest BCUT2D eigenvalue weighted by molar-refractivity contribution is 7.89. The number of carboxylic acid groups (broad SMARTS) is 1. The van der Waals surface area contributed by atoms with Gasteiger partial charge in [0.1, 0.15) is 6.07 Å². The largest absolute Gasteiger partial charge is 0.478 e. The normalized spacial score (nSPS) is 11.4. The number of hydrogen-bond donors (Lipinski definition) is 1. The van der Waals surface area contributed by atoms with E-state index in [9.17, 15) is 18.5 Å². The minimum absolute atomic E-state index is 0.00554. The van der Waals surface area contributed by atoms with Crippen LogP contribution in [-0.2, 0) is 15.6 Å². The van der Waals surface area contributed by atoms with Crippen molar-refractivity contribution in [2.75, 3.05) is 6.26 Å². The van der Waals surface area contributed by atoms with Crippen LogP contribution >= 0.6 is 0 Å². The fraction of sp³-hybridized carbons (Fsp3) is 0.0833. The molecule has 0 aliphatic heterocycles. The lowest BCUT2D eigenvalue weighted by atomic mass is 10.0. The number of benzene rings is 3. The van der Waals surface area contributed by atoms with Gasteiger partial charge in [-0.15, -0.1) is 0 Å². The van der Waals surface area contributed by atoms with Gasteiger partial charge in [0.05, 0.1) is 22.4 Å². The molecule has 0 aliphatic carbocycles. The van der Waals surface area contributed by atoms with Gasteiger partial charge in [-0.05, 0) is 53.1 Å². The van der Waals surface area contributed by atoms with Crippen LogP contribution in [-0.4, -0.2) is 30.3 Å². The molecule has 0 aliphatic rings. The first-order chi connectivity index (χ1) is 14.7. The number of hydrogen-bond acceptors (Lipinski definition) is 4. The third-order valence-corrected chi connectivity index (χ3v) is 5.89. The van der Waals surface area contributed by atoms with E-state index >= 15 is 0 Å². The van der Waals surface area contributed by atoms with Crippen LogP contribution in [0, 0.1) is 11.3 Å². The summed E-state index contributed by atoms with van der Waals surface area (Å²) < 4.78 is 24.8. The van der Waals surface area contributed by atoms with Gasteiger partial charge in [0.2, 0.25) is 0 Å². The average Bonchev–Trinajstić information content (AvgIpc) is 3.11. The number of nitrogens with zero attached hydrogens (tertiary/aromatic N) is 2. The Morgan fingerprint density at radius 2 is 1.65 bits per heavy atom. The number of carboxylic acids is 1. The molecule has 0 radical (unpaired) electrons. The lowest BCUT2D eigenvalue weighted by molar-refractivity contribution is 0.0697. The summed E-state index contributed by atoms with van der Waals surface area (Å²) in [6.07, 6.45) is 2.94. The van der Waals surface area contributed by atoms with Crippen LogP contribution in [0.5, 0.6) is 0 Å². The zero-order valence-corrected chi connectivity index (χ0v) is 17.4. The molecule has 0 fully saturated rings. The molecule has 0 amide bonds. The number of carbonyl (C=O) groups is 1. The smallest absolute Gasteiger partial charge is 0.335 e. The molecule has 0 saturated heterocycles. The Kier molecular flexibility index (Phi) is 5.09. The van der Waals surface area contributed by atoms with Crippen molar-refractivity contribution in [3.63, 3.8) is 0 Å². The fourth-order valence-electron chi connectivity index (χ4n) is 3.57. The highest BCUT2D eigenvalue weighted by Gasteiger charge is 2.12. The average molecular weight is 430 g/mol. The summed E-state index contributed by atoms with van der Waals surface area (Å²) >= 11 is 0. The van der Waals surface area contributed by atoms with Gasteiger partial charge in [-0.1, -0.05) is 30.3 Å². The molecule has 0 saturated carbocycles. The van der Waals surface area contributed by atoms with Crippen molar-refractivity contribution in [2.45, 2.75) is 5.75 Å². The van der Waals surface area contributed by atoms with Crippen LogP contribution < -0.4 is 0 Å². The van der Waals surface area contributed by atoms with E-state index in [1.807, 2.05) is 34.9 Å². The van der Waals surface area contributed by atoms with Gasteiger partial charge in [-0.2, -0.15) is 5.26 Å². The quantitative estimate of drug-likeness (QED) is 0.505. The molecule has 1 heterocycles. The monoisotopic (exact) mass is 430 g/mol. The Bertz CT molecular complexity index is 1440. The molecule has 154 valence electrons. The van der Waals surface area contributed by atoms with Crippen molar-refractivity contribution >= 4 is 26.7 Å². The molecule has 31 heavy (non-hydrogen) atoms. The number of fused-ring (bicyclic) bond motifs is 1. The molecule has 3 aromatic carbocycles. The maximum absolute atomic E-state index is 11.5. The van der Waals surface area contributed by atoms with Crippen LogP contribution in [0.3, 0.4) is 0 Å². The predicted octanol–water partition coefficient (Wildman–Crippen LogP) is 4.41. The highest BCUT2D eigenvalue weighted by atomic mass is 32.2. The van der Waals surface area contributed by atoms with E-state index in [0.717, 1.165) is 33.3 Å². The van der Waals surface area contributed by atoms with Crippen LogP contribution in [0.1, 0.15) is 21.5 Å². The SMILES string of the molecule is CS(=O)(=O)Cc1ccc(-c2ccc3c(c2)c(C#N)cn3-c2ccc(C(=O)O)cc2)cc1. The van der Waals surface area contributed by atoms with E-state index in [1.54, 1.807) is 30.5 Å². The second-order valence-electron chi connectivity index (χ2n) is 7.38. The lowest BCUT2D eigenvalue weighted by Gasteiger charge is -2.08. The van der Waals surface area contributed by atoms with E-state index < -0.39 is 15.8 Å². The number of nitriles is 1. The molecule has 0 bridgehead atoms. The number of aromatic carboxylic acids is 1. The number of rotatable bonds is 5. The molecule has 0 atom stereocenters. The molecule has 6 nitrogen and oxygen atoms in total. The van der Waals surface area contributed by atoms with Crippen LogP contribution in [0.2, 0.25) is 0 Å². The second-order valence-corrected chi connectivity index (χ2v) is 9.52. The topological polar surface area (TPSA) is 100 Å². The van der Waals surface area contributed by atoms with Crippen molar-refractivity contribution in [2.24, 2.45) is 0 Å². The molecule has 1 N–H and O–H groups in total. The molecular weight excluding hydrogens is 412 g/mol. The van der Waals surface area contributed by atoms with E-state index in [0.29, 0.717) is 5.56 Å². The molecular formula is C24H18N2O4S. The summed E-state index contributed by atoms with van der Waals surface area (Å²) in [4.78, 5) is 11.1. The first-order valence-corrected chi connectivity index (χ1v) is 11.5. The molecule has 1 aromatic heterocycles. The summed E-state index contributed by atoms with van der Waals surface area (Å²) in [5.74, 6) is -0.997. The zero-order chi connectivity index (χ0) is 22.2. The summed E-state index contributed by atoms with van der Waals surface area (Å²) in [5, 5.41) is 19.5. The first kappa shape index (κ1) is 20.4. The highest BCUT2D eigenvalue weighted by Crippen LogP contribution is 2.30. The summed E-state index contributed by atoms with van der Waals surface area (Å²) in [7, 11) is -3.09. The first-order valence-electron chi connectivity index (χ1n) is 9.41. The minimum atomic E-state index is -3.09. The Labute approximate surface area is 179 Å². The van der Waals surface area contributed by atoms with E-state index in [-0.39, 0.29) is 11.3 Å². The molecule has 0 unspecified atom stereocenters. The maximum Gasteiger partial charge on any atom is 0.335 e. The van der Waals surface area contributed by atoms with Crippen molar-refractivity contribution in [1.82, 2.24) is 4.57 Å². The van der Waals surface area contributed by atoms with Gasteiger partial charge < -0.3 is 9.67 Å². The summed E-state index contributed by atoms with van der Waals surface area (Å²) in [6.45, 7) is 0. The van der Waals surface area contributed by atoms with Gasteiger partial charge in [0, 0.05) is 23.5 Å². The molecule has 7 heteroatoms. The van der Waals surface area contributed by atoms with Crippen molar-refractivity contribution in [3.05, 3.63) is 89.6 Å². The van der Waals surface area contributed by atoms with Crippen molar-refractivity contribution in [1.29, 1.82) is 5.26 Å². The van der Waals surface area contributed by atoms with E-state index in [4.69, 9.17) is 5.11 Å². The standard InChI is InChI=1S/C24H18N2O4S/c1-31(29,30)15-16-2-4-17(5-3-16)19-8-11-23-22(12-19)20(13-25)14-26(23)21-9-6-18(7-10-21)24(27)28/h2-12,14H,15H2,1H3,(H,27,28). The van der Waals surface area contributed by atoms with Crippen molar-refractivity contribution in [3.8, 4) is 22.9 Å². The van der Waals surface area contributed by atoms with Crippen molar-refractivity contribution < 1.29 is 18.3 Å². The third kappa shape index (κ3) is 4.20. The van der Waals surface area contributed by atoms with Gasteiger partial charge >= 0.3 is 5.97 Å². The molecule has 0 spiro atoms. The Hall–Kier alpha value is -3.89. The number of aromatic nitrogens is 1.